The molecule has 8 nitrogen and oxygen atoms in total. The minimum Gasteiger partial charge on any atom is -0.493 e. The van der Waals surface area contributed by atoms with Crippen LogP contribution in [0.5, 0.6) is 11.5 Å². The summed E-state index contributed by atoms with van der Waals surface area (Å²) in [5.74, 6) is -1.79. The summed E-state index contributed by atoms with van der Waals surface area (Å²) in [5.41, 5.74) is 3.88. The molecule has 2 N–H and O–H groups in total. The van der Waals surface area contributed by atoms with E-state index < -0.39 is 35.4 Å². The van der Waals surface area contributed by atoms with E-state index in [4.69, 9.17) is 9.47 Å². The number of nitrogens with one attached hydrogen (secondary N) is 2. The molecule has 0 saturated carbocycles. The number of methoxy groups -OCH3 is 1. The van der Waals surface area contributed by atoms with Crippen LogP contribution in [0.2, 0.25) is 0 Å². The van der Waals surface area contributed by atoms with Gasteiger partial charge in [-0.15, -0.1) is 0 Å². The van der Waals surface area contributed by atoms with E-state index in [1.165, 1.54) is 31.4 Å². The van der Waals surface area contributed by atoms with Crippen molar-refractivity contribution in [2.24, 2.45) is 5.92 Å². The first-order valence-corrected chi connectivity index (χ1v) is 10.0. The molecule has 1 atom stereocenters. The fraction of sp³-hybridized carbons (Fsp3) is 0.318. The lowest BCUT2D eigenvalue weighted by molar-refractivity contribution is -0.137. The molecule has 1 aliphatic rings. The summed E-state index contributed by atoms with van der Waals surface area (Å²) in [4.78, 5) is 38.3. The van der Waals surface area contributed by atoms with Crippen LogP contribution >= 0.6 is 0 Å². The molecule has 0 radical (unpaired) electrons. The third-order valence-electron chi connectivity index (χ3n) is 5.01. The number of halogens is 3. The van der Waals surface area contributed by atoms with E-state index in [0.717, 1.165) is 17.0 Å². The maximum Gasteiger partial charge on any atom is 0.416 e. The van der Waals surface area contributed by atoms with Crippen LogP contribution in [-0.2, 0) is 15.8 Å². The fourth-order valence-corrected chi connectivity index (χ4v) is 3.36. The highest BCUT2D eigenvalue weighted by atomic mass is 19.4. The molecule has 1 saturated heterocycles. The van der Waals surface area contributed by atoms with Gasteiger partial charge in [-0.05, 0) is 43.3 Å². The Morgan fingerprint density at radius 3 is 2.55 bits per heavy atom. The minimum absolute atomic E-state index is 0.0515. The Morgan fingerprint density at radius 1 is 1.12 bits per heavy atom. The highest BCUT2D eigenvalue weighted by Gasteiger charge is 2.37. The van der Waals surface area contributed by atoms with Gasteiger partial charge in [0.1, 0.15) is 0 Å². The molecule has 0 aromatic heterocycles. The van der Waals surface area contributed by atoms with Gasteiger partial charge in [0.15, 0.2) is 11.5 Å². The van der Waals surface area contributed by atoms with Crippen LogP contribution < -0.4 is 25.2 Å². The number of ether oxygens (including phenoxy) is 2. The minimum atomic E-state index is -4.55. The van der Waals surface area contributed by atoms with Crippen LogP contribution in [0, 0.1) is 5.92 Å². The molecule has 1 heterocycles. The predicted octanol–water partition coefficient (Wildman–Crippen LogP) is 2.93. The first-order chi connectivity index (χ1) is 15.6. The number of hydrazine groups is 1. The summed E-state index contributed by atoms with van der Waals surface area (Å²) in [6.07, 6.45) is -4.75. The van der Waals surface area contributed by atoms with Gasteiger partial charge in [0.05, 0.1) is 25.2 Å². The SMILES string of the molecule is CCOc1ccc(C(=O)NNC(=O)C2CC(=O)N(c3cccc(C(F)(F)F)c3)C2)cc1OC. The van der Waals surface area contributed by atoms with Gasteiger partial charge in [0.2, 0.25) is 11.8 Å². The van der Waals surface area contributed by atoms with Crippen LogP contribution in [0.15, 0.2) is 42.5 Å². The number of hydrogen-bond donors (Lipinski definition) is 2. The van der Waals surface area contributed by atoms with E-state index in [0.29, 0.717) is 18.1 Å². The average molecular weight is 465 g/mol. The second kappa shape index (κ2) is 9.80. The van der Waals surface area contributed by atoms with Crippen molar-refractivity contribution in [2.75, 3.05) is 25.2 Å². The van der Waals surface area contributed by atoms with Crippen molar-refractivity contribution in [3.05, 3.63) is 53.6 Å². The Morgan fingerprint density at radius 2 is 1.88 bits per heavy atom. The molecule has 3 amide bonds. The van der Waals surface area contributed by atoms with Crippen molar-refractivity contribution in [1.82, 2.24) is 10.9 Å². The first kappa shape index (κ1) is 23.9. The van der Waals surface area contributed by atoms with Gasteiger partial charge in [-0.25, -0.2) is 0 Å². The summed E-state index contributed by atoms with van der Waals surface area (Å²) in [6, 6.07) is 8.82. The maximum absolute atomic E-state index is 13.0. The van der Waals surface area contributed by atoms with Crippen molar-refractivity contribution >= 4 is 23.4 Å². The average Bonchev–Trinajstić information content (AvgIpc) is 3.19. The zero-order valence-electron chi connectivity index (χ0n) is 17.9. The topological polar surface area (TPSA) is 97.0 Å². The van der Waals surface area contributed by atoms with Crippen molar-refractivity contribution in [3.8, 4) is 11.5 Å². The molecule has 3 rings (SSSR count). The Labute approximate surface area is 187 Å². The molecule has 176 valence electrons. The van der Waals surface area contributed by atoms with Gasteiger partial charge in [-0.2, -0.15) is 13.2 Å². The van der Waals surface area contributed by atoms with Gasteiger partial charge >= 0.3 is 6.18 Å². The van der Waals surface area contributed by atoms with Gasteiger partial charge in [0, 0.05) is 24.2 Å². The van der Waals surface area contributed by atoms with E-state index in [2.05, 4.69) is 10.9 Å². The zero-order valence-corrected chi connectivity index (χ0v) is 17.9. The summed E-state index contributed by atoms with van der Waals surface area (Å²) < 4.78 is 49.4. The molecule has 11 heteroatoms. The van der Waals surface area contributed by atoms with Crippen molar-refractivity contribution in [2.45, 2.75) is 19.5 Å². The van der Waals surface area contributed by atoms with Crippen LogP contribution in [0.1, 0.15) is 29.3 Å². The van der Waals surface area contributed by atoms with E-state index >= 15 is 0 Å². The van der Waals surface area contributed by atoms with E-state index in [1.807, 2.05) is 0 Å². The monoisotopic (exact) mass is 465 g/mol. The molecule has 0 aliphatic carbocycles. The molecule has 2 aromatic rings. The number of alkyl halides is 3. The molecular formula is C22H22F3N3O5. The van der Waals surface area contributed by atoms with E-state index in [-0.39, 0.29) is 24.2 Å². The quantitative estimate of drug-likeness (QED) is 0.640. The largest absolute Gasteiger partial charge is 0.493 e. The fourth-order valence-electron chi connectivity index (χ4n) is 3.36. The maximum atomic E-state index is 13.0. The zero-order chi connectivity index (χ0) is 24.2. The Kier molecular flexibility index (Phi) is 7.10. The smallest absolute Gasteiger partial charge is 0.416 e. The number of anilines is 1. The molecule has 0 bridgehead atoms. The molecular weight excluding hydrogens is 443 g/mol. The summed E-state index contributed by atoms with van der Waals surface area (Å²) in [5, 5.41) is 0. The van der Waals surface area contributed by atoms with Crippen LogP contribution in [-0.4, -0.2) is 38.0 Å². The van der Waals surface area contributed by atoms with Crippen molar-refractivity contribution in [3.63, 3.8) is 0 Å². The van der Waals surface area contributed by atoms with E-state index in [1.54, 1.807) is 13.0 Å². The molecule has 33 heavy (non-hydrogen) atoms. The number of carbonyl (C=O) groups is 3. The number of rotatable bonds is 6. The number of hydrogen-bond acceptors (Lipinski definition) is 5. The lowest BCUT2D eigenvalue weighted by atomic mass is 10.1. The molecule has 0 spiro atoms. The molecule has 1 fully saturated rings. The number of carbonyl (C=O) groups excluding carboxylic acids is 3. The number of amides is 3. The highest BCUT2D eigenvalue weighted by molar-refractivity contribution is 6.01. The predicted molar refractivity (Wildman–Crippen MR) is 112 cm³/mol. The second-order valence-corrected chi connectivity index (χ2v) is 7.20. The standard InChI is InChI=1S/C22H22F3N3O5/c1-3-33-17-8-7-13(9-18(17)32-2)20(30)26-27-21(31)14-10-19(29)28(12-14)16-6-4-5-15(11-16)22(23,24)25/h4-9,11,14H,3,10,12H2,1-2H3,(H,26,30)(H,27,31). The molecule has 2 aromatic carbocycles. The molecule has 1 unspecified atom stereocenters. The second-order valence-electron chi connectivity index (χ2n) is 7.20. The normalized spacial score (nSPS) is 15.8. The van der Waals surface area contributed by atoms with Crippen LogP contribution in [0.25, 0.3) is 0 Å². The van der Waals surface area contributed by atoms with Crippen molar-refractivity contribution in [1.29, 1.82) is 0 Å². The first-order valence-electron chi connectivity index (χ1n) is 10.0. The summed E-state index contributed by atoms with van der Waals surface area (Å²) in [6.45, 7) is 2.10. The highest BCUT2D eigenvalue weighted by Crippen LogP contribution is 2.33. The van der Waals surface area contributed by atoms with Crippen LogP contribution in [0.4, 0.5) is 18.9 Å². The van der Waals surface area contributed by atoms with Gasteiger partial charge in [-0.1, -0.05) is 6.07 Å². The summed E-state index contributed by atoms with van der Waals surface area (Å²) >= 11 is 0. The Bertz CT molecular complexity index is 1060. The Balaban J connectivity index is 1.62. The number of benzene rings is 2. The van der Waals surface area contributed by atoms with Gasteiger partial charge in [-0.3, -0.25) is 25.2 Å². The van der Waals surface area contributed by atoms with Crippen LogP contribution in [0.3, 0.4) is 0 Å². The third-order valence-corrected chi connectivity index (χ3v) is 5.01. The summed E-state index contributed by atoms with van der Waals surface area (Å²) in [7, 11) is 1.43. The van der Waals surface area contributed by atoms with E-state index in [9.17, 15) is 27.6 Å². The Hall–Kier alpha value is -3.76. The van der Waals surface area contributed by atoms with Crippen molar-refractivity contribution < 1.29 is 37.0 Å². The van der Waals surface area contributed by atoms with Gasteiger partial charge in [0.25, 0.3) is 5.91 Å². The third kappa shape index (κ3) is 5.54. The van der Waals surface area contributed by atoms with Gasteiger partial charge < -0.3 is 14.4 Å². The lowest BCUT2D eigenvalue weighted by Gasteiger charge is -2.18. The lowest BCUT2D eigenvalue weighted by Crippen LogP contribution is -2.45. The molecule has 1 aliphatic heterocycles. The number of nitrogens with zero attached hydrogens (tertiary/aromatic N) is 1.